The number of rotatable bonds is 5. The smallest absolute Gasteiger partial charge is 0.0931 e. The number of nitrogens with two attached hydrogens (primary N) is 1. The SMILES string of the molecule is CCOC(C1CCCCC1)C(N)c1ccc(Cl)s1. The largest absolute Gasteiger partial charge is 0.376 e. The molecule has 0 aliphatic heterocycles. The van der Waals surface area contributed by atoms with E-state index < -0.39 is 0 Å². The first-order valence-electron chi connectivity index (χ1n) is 6.84. The number of ether oxygens (including phenoxy) is 1. The van der Waals surface area contributed by atoms with Crippen molar-refractivity contribution in [3.8, 4) is 0 Å². The van der Waals surface area contributed by atoms with Gasteiger partial charge in [-0.25, -0.2) is 0 Å². The van der Waals surface area contributed by atoms with E-state index in [1.54, 1.807) is 11.3 Å². The molecular formula is C14H22ClNOS. The quantitative estimate of drug-likeness (QED) is 0.872. The lowest BCUT2D eigenvalue weighted by atomic mass is 9.82. The first-order valence-corrected chi connectivity index (χ1v) is 8.04. The van der Waals surface area contributed by atoms with Crippen molar-refractivity contribution in [2.75, 3.05) is 6.61 Å². The highest BCUT2D eigenvalue weighted by Gasteiger charge is 2.30. The van der Waals surface area contributed by atoms with Crippen molar-refractivity contribution < 1.29 is 4.74 Å². The number of hydrogen-bond acceptors (Lipinski definition) is 3. The van der Waals surface area contributed by atoms with Gasteiger partial charge >= 0.3 is 0 Å². The molecule has 1 saturated carbocycles. The minimum Gasteiger partial charge on any atom is -0.376 e. The number of halogens is 1. The van der Waals surface area contributed by atoms with Crippen LogP contribution in [0.2, 0.25) is 4.34 Å². The minimum atomic E-state index is -0.0365. The molecule has 2 atom stereocenters. The van der Waals surface area contributed by atoms with Gasteiger partial charge in [0.05, 0.1) is 16.5 Å². The highest BCUT2D eigenvalue weighted by Crippen LogP contribution is 2.36. The molecule has 2 rings (SSSR count). The predicted molar refractivity (Wildman–Crippen MR) is 78.2 cm³/mol. The van der Waals surface area contributed by atoms with E-state index in [2.05, 4.69) is 0 Å². The van der Waals surface area contributed by atoms with Gasteiger partial charge in [-0.1, -0.05) is 30.9 Å². The van der Waals surface area contributed by atoms with E-state index in [0.29, 0.717) is 5.92 Å². The van der Waals surface area contributed by atoms with E-state index in [1.165, 1.54) is 32.1 Å². The van der Waals surface area contributed by atoms with Crippen LogP contribution in [-0.4, -0.2) is 12.7 Å². The molecule has 1 aliphatic carbocycles. The average molecular weight is 288 g/mol. The van der Waals surface area contributed by atoms with Crippen LogP contribution >= 0.6 is 22.9 Å². The lowest BCUT2D eigenvalue weighted by molar-refractivity contribution is -0.00916. The molecule has 1 aromatic rings. The van der Waals surface area contributed by atoms with Gasteiger partial charge in [0.2, 0.25) is 0 Å². The van der Waals surface area contributed by atoms with Gasteiger partial charge in [0, 0.05) is 11.5 Å². The molecule has 0 saturated heterocycles. The summed E-state index contributed by atoms with van der Waals surface area (Å²) < 4.78 is 6.75. The number of thiophene rings is 1. The normalized spacial score (nSPS) is 20.8. The summed E-state index contributed by atoms with van der Waals surface area (Å²) in [6.07, 6.45) is 6.62. The molecule has 4 heteroatoms. The fourth-order valence-corrected chi connectivity index (χ4v) is 3.96. The molecule has 102 valence electrons. The van der Waals surface area contributed by atoms with Gasteiger partial charge < -0.3 is 10.5 Å². The molecule has 1 aromatic heterocycles. The Bertz CT molecular complexity index is 362. The Morgan fingerprint density at radius 1 is 1.39 bits per heavy atom. The highest BCUT2D eigenvalue weighted by molar-refractivity contribution is 7.16. The Labute approximate surface area is 118 Å². The van der Waals surface area contributed by atoms with Gasteiger partial charge in [0.15, 0.2) is 0 Å². The maximum atomic E-state index is 6.40. The third kappa shape index (κ3) is 3.47. The Balaban J connectivity index is 2.08. The van der Waals surface area contributed by atoms with Crippen molar-refractivity contribution in [2.24, 2.45) is 11.7 Å². The zero-order chi connectivity index (χ0) is 13.0. The summed E-state index contributed by atoms with van der Waals surface area (Å²) in [5, 5.41) is 0. The maximum absolute atomic E-state index is 6.40. The van der Waals surface area contributed by atoms with E-state index in [-0.39, 0.29) is 12.1 Å². The second-order valence-corrected chi connectivity index (χ2v) is 6.73. The van der Waals surface area contributed by atoms with Crippen molar-refractivity contribution in [3.63, 3.8) is 0 Å². The van der Waals surface area contributed by atoms with Crippen LogP contribution in [0.3, 0.4) is 0 Å². The molecule has 2 N–H and O–H groups in total. The summed E-state index contributed by atoms with van der Waals surface area (Å²) in [6, 6.07) is 3.92. The topological polar surface area (TPSA) is 35.2 Å². The van der Waals surface area contributed by atoms with Gasteiger partial charge in [-0.05, 0) is 37.8 Å². The van der Waals surface area contributed by atoms with Gasteiger partial charge in [-0.15, -0.1) is 11.3 Å². The molecule has 18 heavy (non-hydrogen) atoms. The lowest BCUT2D eigenvalue weighted by Gasteiger charge is -2.33. The first-order chi connectivity index (χ1) is 8.72. The van der Waals surface area contributed by atoms with Crippen LogP contribution in [0.15, 0.2) is 12.1 Å². The van der Waals surface area contributed by atoms with Crippen molar-refractivity contribution in [2.45, 2.75) is 51.2 Å². The standard InChI is InChI=1S/C14H22ClNOS/c1-2-17-14(10-6-4-3-5-7-10)13(16)11-8-9-12(15)18-11/h8-10,13-14H,2-7,16H2,1H3. The zero-order valence-electron chi connectivity index (χ0n) is 10.9. The predicted octanol–water partition coefficient (Wildman–Crippen LogP) is 4.39. The second-order valence-electron chi connectivity index (χ2n) is 4.99. The minimum absolute atomic E-state index is 0.0365. The second kappa shape index (κ2) is 6.90. The molecule has 0 spiro atoms. The van der Waals surface area contributed by atoms with E-state index in [0.717, 1.165) is 15.8 Å². The molecule has 0 bridgehead atoms. The Kier molecular flexibility index (Phi) is 5.49. The van der Waals surface area contributed by atoms with Gasteiger partial charge in [0.1, 0.15) is 0 Å². The summed E-state index contributed by atoms with van der Waals surface area (Å²) in [7, 11) is 0. The van der Waals surface area contributed by atoms with Gasteiger partial charge in [0.25, 0.3) is 0 Å². The van der Waals surface area contributed by atoms with Crippen LogP contribution < -0.4 is 5.73 Å². The molecule has 0 aromatic carbocycles. The van der Waals surface area contributed by atoms with Crippen molar-refractivity contribution in [1.29, 1.82) is 0 Å². The molecule has 0 radical (unpaired) electrons. The Morgan fingerprint density at radius 2 is 2.11 bits per heavy atom. The monoisotopic (exact) mass is 287 g/mol. The van der Waals surface area contributed by atoms with E-state index >= 15 is 0 Å². The highest BCUT2D eigenvalue weighted by atomic mass is 35.5. The lowest BCUT2D eigenvalue weighted by Crippen LogP contribution is -2.36. The van der Waals surface area contributed by atoms with E-state index in [4.69, 9.17) is 22.1 Å². The summed E-state index contributed by atoms with van der Waals surface area (Å²) in [5.74, 6) is 0.606. The Morgan fingerprint density at radius 3 is 2.67 bits per heavy atom. The number of hydrogen-bond donors (Lipinski definition) is 1. The molecular weight excluding hydrogens is 266 g/mol. The van der Waals surface area contributed by atoms with Crippen LogP contribution in [0.4, 0.5) is 0 Å². The van der Waals surface area contributed by atoms with Crippen molar-refractivity contribution in [3.05, 3.63) is 21.3 Å². The van der Waals surface area contributed by atoms with Crippen LogP contribution in [0.25, 0.3) is 0 Å². The molecule has 2 nitrogen and oxygen atoms in total. The molecule has 2 unspecified atom stereocenters. The Hall–Kier alpha value is -0.0900. The third-order valence-electron chi connectivity index (χ3n) is 3.75. The molecule has 0 amide bonds. The summed E-state index contributed by atoms with van der Waals surface area (Å²) in [6.45, 7) is 2.78. The zero-order valence-corrected chi connectivity index (χ0v) is 12.5. The van der Waals surface area contributed by atoms with E-state index in [9.17, 15) is 0 Å². The van der Waals surface area contributed by atoms with Gasteiger partial charge in [-0.3, -0.25) is 0 Å². The van der Waals surface area contributed by atoms with Crippen molar-refractivity contribution >= 4 is 22.9 Å². The van der Waals surface area contributed by atoms with Crippen LogP contribution in [0, 0.1) is 5.92 Å². The summed E-state index contributed by atoms with van der Waals surface area (Å²) >= 11 is 7.57. The van der Waals surface area contributed by atoms with Crippen LogP contribution in [0.5, 0.6) is 0 Å². The summed E-state index contributed by atoms with van der Waals surface area (Å²) in [4.78, 5) is 1.14. The fraction of sp³-hybridized carbons (Fsp3) is 0.714. The van der Waals surface area contributed by atoms with Gasteiger partial charge in [-0.2, -0.15) is 0 Å². The van der Waals surface area contributed by atoms with E-state index in [1.807, 2.05) is 19.1 Å². The summed E-state index contributed by atoms with van der Waals surface area (Å²) in [5.41, 5.74) is 6.40. The molecule has 1 heterocycles. The van der Waals surface area contributed by atoms with Crippen molar-refractivity contribution in [1.82, 2.24) is 0 Å². The fourth-order valence-electron chi connectivity index (χ4n) is 2.86. The van der Waals surface area contributed by atoms with Crippen LogP contribution in [0.1, 0.15) is 49.9 Å². The van der Waals surface area contributed by atoms with Crippen LogP contribution in [-0.2, 0) is 4.74 Å². The first kappa shape index (κ1) is 14.3. The molecule has 1 fully saturated rings. The molecule has 1 aliphatic rings. The average Bonchev–Trinajstić information content (AvgIpc) is 2.83. The third-order valence-corrected chi connectivity index (χ3v) is 5.08. The maximum Gasteiger partial charge on any atom is 0.0931 e.